The summed E-state index contributed by atoms with van der Waals surface area (Å²) in [4.78, 5) is 15.9. The molecule has 1 aromatic carbocycles. The molecule has 4 heteroatoms. The van der Waals surface area contributed by atoms with Gasteiger partial charge in [-0.15, -0.1) is 0 Å². The van der Waals surface area contributed by atoms with Gasteiger partial charge in [0, 0.05) is 24.6 Å². The number of benzene rings is 1. The van der Waals surface area contributed by atoms with Gasteiger partial charge in [0.2, 0.25) is 0 Å². The summed E-state index contributed by atoms with van der Waals surface area (Å²) in [5, 5.41) is 3.29. The highest BCUT2D eigenvalue weighted by atomic mass is 16.6. The van der Waals surface area contributed by atoms with Gasteiger partial charge in [0.25, 0.3) is 0 Å². The lowest BCUT2D eigenvalue weighted by molar-refractivity contribution is 0.00695. The van der Waals surface area contributed by atoms with Gasteiger partial charge in [-0.1, -0.05) is 12.1 Å². The van der Waals surface area contributed by atoms with Crippen molar-refractivity contribution in [2.24, 2.45) is 0 Å². The minimum absolute atomic E-state index is 0.295. The zero-order chi connectivity index (χ0) is 15.3. The molecule has 0 saturated carbocycles. The second-order valence-corrected chi connectivity index (χ2v) is 5.79. The van der Waals surface area contributed by atoms with Crippen molar-refractivity contribution in [3.8, 4) is 0 Å². The number of carbonyl (C=O) groups excluding carboxylic acids is 1. The molecule has 2 aromatic rings. The fourth-order valence-corrected chi connectivity index (χ4v) is 1.77. The highest BCUT2D eigenvalue weighted by molar-refractivity contribution is 5.89. The van der Waals surface area contributed by atoms with Crippen LogP contribution in [0.25, 0.3) is 0 Å². The summed E-state index contributed by atoms with van der Waals surface area (Å²) in [5.41, 5.74) is 2.21. The topological polar surface area (TPSA) is 51.2 Å². The van der Waals surface area contributed by atoms with Gasteiger partial charge in [-0.05, 0) is 50.6 Å². The molecule has 0 radical (unpaired) electrons. The molecule has 0 fully saturated rings. The van der Waals surface area contributed by atoms with E-state index in [2.05, 4.69) is 10.3 Å². The van der Waals surface area contributed by atoms with Gasteiger partial charge in [0.05, 0.1) is 5.56 Å². The number of nitrogens with zero attached hydrogens (tertiary/aromatic N) is 1. The van der Waals surface area contributed by atoms with E-state index in [4.69, 9.17) is 4.74 Å². The molecule has 1 heterocycles. The number of nitrogens with one attached hydrogen (secondary N) is 1. The fourth-order valence-electron chi connectivity index (χ4n) is 1.77. The fraction of sp³-hybridized carbons (Fsp3) is 0.294. The summed E-state index contributed by atoms with van der Waals surface area (Å²) in [6, 6.07) is 11.3. The molecule has 0 atom stereocenters. The van der Waals surface area contributed by atoms with Crippen molar-refractivity contribution in [2.45, 2.75) is 32.9 Å². The Morgan fingerprint density at radius 1 is 1.10 bits per heavy atom. The smallest absolute Gasteiger partial charge is 0.338 e. The number of hydrogen-bond acceptors (Lipinski definition) is 4. The molecular formula is C17H20N2O2. The minimum atomic E-state index is -0.474. The highest BCUT2D eigenvalue weighted by Crippen LogP contribution is 2.13. The lowest BCUT2D eigenvalue weighted by atomic mass is 10.1. The third-order valence-electron chi connectivity index (χ3n) is 2.77. The van der Waals surface area contributed by atoms with Crippen LogP contribution in [0.15, 0.2) is 48.8 Å². The molecule has 2 rings (SSSR count). The zero-order valence-electron chi connectivity index (χ0n) is 12.6. The quantitative estimate of drug-likeness (QED) is 0.871. The summed E-state index contributed by atoms with van der Waals surface area (Å²) >= 11 is 0. The van der Waals surface area contributed by atoms with Gasteiger partial charge in [-0.3, -0.25) is 4.98 Å². The normalized spacial score (nSPS) is 11.0. The van der Waals surface area contributed by atoms with Crippen LogP contribution in [0.5, 0.6) is 0 Å². The van der Waals surface area contributed by atoms with E-state index in [1.54, 1.807) is 24.5 Å². The van der Waals surface area contributed by atoms with Crippen molar-refractivity contribution in [1.29, 1.82) is 0 Å². The maximum Gasteiger partial charge on any atom is 0.338 e. The molecular weight excluding hydrogens is 264 g/mol. The number of aromatic nitrogens is 1. The predicted octanol–water partition coefficient (Wildman–Crippen LogP) is 3.65. The Labute approximate surface area is 125 Å². The molecule has 1 aromatic heterocycles. The van der Waals surface area contributed by atoms with Crippen LogP contribution in [0, 0.1) is 0 Å². The average molecular weight is 284 g/mol. The predicted molar refractivity (Wildman–Crippen MR) is 83.2 cm³/mol. The summed E-state index contributed by atoms with van der Waals surface area (Å²) in [7, 11) is 0. The van der Waals surface area contributed by atoms with E-state index in [0.717, 1.165) is 11.3 Å². The van der Waals surface area contributed by atoms with Crippen LogP contribution in [0.1, 0.15) is 36.7 Å². The molecule has 0 aliphatic heterocycles. The first-order valence-corrected chi connectivity index (χ1v) is 6.90. The van der Waals surface area contributed by atoms with E-state index in [-0.39, 0.29) is 5.97 Å². The van der Waals surface area contributed by atoms with Gasteiger partial charge < -0.3 is 10.1 Å². The maximum absolute atomic E-state index is 11.9. The highest BCUT2D eigenvalue weighted by Gasteiger charge is 2.17. The Kier molecular flexibility index (Phi) is 4.58. The molecule has 0 saturated heterocycles. The second kappa shape index (κ2) is 6.39. The summed E-state index contributed by atoms with van der Waals surface area (Å²) in [6.07, 6.45) is 3.49. The van der Waals surface area contributed by atoms with Gasteiger partial charge in [-0.25, -0.2) is 4.79 Å². The first-order valence-electron chi connectivity index (χ1n) is 6.90. The van der Waals surface area contributed by atoms with E-state index >= 15 is 0 Å². The zero-order valence-corrected chi connectivity index (χ0v) is 12.6. The molecule has 110 valence electrons. The molecule has 4 nitrogen and oxygen atoms in total. The molecule has 1 N–H and O–H groups in total. The number of ether oxygens (including phenoxy) is 1. The van der Waals surface area contributed by atoms with Crippen LogP contribution in [0.4, 0.5) is 5.69 Å². The lowest BCUT2D eigenvalue weighted by Crippen LogP contribution is -2.23. The van der Waals surface area contributed by atoms with Gasteiger partial charge in [0.15, 0.2) is 0 Å². The Bertz CT molecular complexity index is 586. The molecule has 0 unspecified atom stereocenters. The number of anilines is 1. The molecule has 0 spiro atoms. The molecule has 0 bridgehead atoms. The van der Waals surface area contributed by atoms with Gasteiger partial charge >= 0.3 is 5.97 Å². The van der Waals surface area contributed by atoms with E-state index in [9.17, 15) is 4.79 Å². The number of pyridine rings is 1. The first-order chi connectivity index (χ1) is 9.94. The molecule has 21 heavy (non-hydrogen) atoms. The van der Waals surface area contributed by atoms with Crippen molar-refractivity contribution in [2.75, 3.05) is 5.32 Å². The SMILES string of the molecule is CC(C)(C)OC(=O)c1ccc(CNc2ccncc2)cc1. The van der Waals surface area contributed by atoms with Crippen molar-refractivity contribution in [3.63, 3.8) is 0 Å². The minimum Gasteiger partial charge on any atom is -0.456 e. The number of carbonyl (C=O) groups is 1. The Hall–Kier alpha value is -2.36. The van der Waals surface area contributed by atoms with Crippen LogP contribution >= 0.6 is 0 Å². The van der Waals surface area contributed by atoms with Crippen LogP contribution in [-0.4, -0.2) is 16.6 Å². The van der Waals surface area contributed by atoms with Crippen molar-refractivity contribution >= 4 is 11.7 Å². The van der Waals surface area contributed by atoms with E-state index in [1.807, 2.05) is 45.0 Å². The molecule has 0 amide bonds. The standard InChI is InChI=1S/C17H20N2O2/c1-17(2,3)21-16(20)14-6-4-13(5-7-14)12-19-15-8-10-18-11-9-15/h4-11H,12H2,1-3H3,(H,18,19). The van der Waals surface area contributed by atoms with Crippen molar-refractivity contribution < 1.29 is 9.53 Å². The largest absolute Gasteiger partial charge is 0.456 e. The number of hydrogen-bond donors (Lipinski definition) is 1. The van der Waals surface area contributed by atoms with E-state index < -0.39 is 5.60 Å². The Balaban J connectivity index is 1.94. The van der Waals surface area contributed by atoms with Crippen molar-refractivity contribution in [1.82, 2.24) is 4.98 Å². The monoisotopic (exact) mass is 284 g/mol. The summed E-state index contributed by atoms with van der Waals surface area (Å²) < 4.78 is 5.33. The van der Waals surface area contributed by atoms with E-state index in [1.165, 1.54) is 0 Å². The van der Waals surface area contributed by atoms with Crippen LogP contribution in [0.2, 0.25) is 0 Å². The van der Waals surface area contributed by atoms with Crippen LogP contribution in [-0.2, 0) is 11.3 Å². The van der Waals surface area contributed by atoms with E-state index in [0.29, 0.717) is 12.1 Å². The molecule has 0 aliphatic rings. The van der Waals surface area contributed by atoms with Crippen molar-refractivity contribution in [3.05, 3.63) is 59.9 Å². The van der Waals surface area contributed by atoms with Gasteiger partial charge in [-0.2, -0.15) is 0 Å². The first kappa shape index (κ1) is 15.0. The van der Waals surface area contributed by atoms with Crippen LogP contribution in [0.3, 0.4) is 0 Å². The second-order valence-electron chi connectivity index (χ2n) is 5.79. The number of rotatable bonds is 4. The summed E-state index contributed by atoms with van der Waals surface area (Å²) in [6.45, 7) is 6.27. The van der Waals surface area contributed by atoms with Crippen LogP contribution < -0.4 is 5.32 Å². The Morgan fingerprint density at radius 2 is 1.71 bits per heavy atom. The summed E-state index contributed by atoms with van der Waals surface area (Å²) in [5.74, 6) is -0.295. The molecule has 0 aliphatic carbocycles. The number of esters is 1. The average Bonchev–Trinajstić information content (AvgIpc) is 2.45. The third-order valence-corrected chi connectivity index (χ3v) is 2.77. The maximum atomic E-state index is 11.9. The Morgan fingerprint density at radius 3 is 2.29 bits per heavy atom. The van der Waals surface area contributed by atoms with Gasteiger partial charge in [0.1, 0.15) is 5.60 Å². The lowest BCUT2D eigenvalue weighted by Gasteiger charge is -2.19. The third kappa shape index (κ3) is 4.91.